The highest BCUT2D eigenvalue weighted by atomic mass is 16.6. The number of aliphatic imine (C=N–C) groups is 1. The summed E-state index contributed by atoms with van der Waals surface area (Å²) >= 11 is 0. The summed E-state index contributed by atoms with van der Waals surface area (Å²) in [5.74, 6) is 2.32. The molecule has 1 amide bonds. The highest BCUT2D eigenvalue weighted by Gasteiger charge is 2.26. The quantitative estimate of drug-likeness (QED) is 0.546. The Morgan fingerprint density at radius 3 is 2.67 bits per heavy atom. The van der Waals surface area contributed by atoms with Gasteiger partial charge in [0.2, 0.25) is 0 Å². The van der Waals surface area contributed by atoms with Gasteiger partial charge in [0.05, 0.1) is 19.4 Å². The van der Waals surface area contributed by atoms with E-state index >= 15 is 0 Å². The topological polar surface area (TPSA) is 78.4 Å². The Bertz CT molecular complexity index is 718. The average molecular weight is 418 g/mol. The molecule has 0 aliphatic carbocycles. The molecule has 0 aromatic heterocycles. The van der Waals surface area contributed by atoms with Crippen LogP contribution in [0.15, 0.2) is 29.3 Å². The van der Waals surface area contributed by atoms with E-state index in [1.54, 1.807) is 19.1 Å². The van der Waals surface area contributed by atoms with Crippen molar-refractivity contribution in [3.63, 3.8) is 0 Å². The molecule has 8 nitrogen and oxygen atoms in total. The van der Waals surface area contributed by atoms with E-state index in [1.165, 1.54) is 5.69 Å². The number of rotatable bonds is 6. The second-order valence-corrected chi connectivity index (χ2v) is 7.83. The average Bonchev–Trinajstić information content (AvgIpc) is 3.26. The van der Waals surface area contributed by atoms with E-state index in [-0.39, 0.29) is 6.09 Å². The van der Waals surface area contributed by atoms with Crippen molar-refractivity contribution in [1.29, 1.82) is 0 Å². The highest BCUT2D eigenvalue weighted by Crippen LogP contribution is 2.31. The van der Waals surface area contributed by atoms with E-state index in [1.807, 2.05) is 19.1 Å². The largest absolute Gasteiger partial charge is 0.495 e. The molecule has 0 radical (unpaired) electrons. The smallest absolute Gasteiger partial charge is 0.409 e. The zero-order chi connectivity index (χ0) is 21.3. The second kappa shape index (κ2) is 10.9. The van der Waals surface area contributed by atoms with Crippen molar-refractivity contribution in [2.24, 2.45) is 10.9 Å². The van der Waals surface area contributed by atoms with Crippen LogP contribution in [0.4, 0.5) is 10.5 Å². The first-order valence-corrected chi connectivity index (χ1v) is 10.9. The summed E-state index contributed by atoms with van der Waals surface area (Å²) in [4.78, 5) is 20.4. The minimum Gasteiger partial charge on any atom is -0.495 e. The van der Waals surface area contributed by atoms with Gasteiger partial charge in [-0.15, -0.1) is 0 Å². The zero-order valence-corrected chi connectivity index (χ0v) is 18.4. The number of benzene rings is 1. The lowest BCUT2D eigenvalue weighted by Gasteiger charge is -2.32. The summed E-state index contributed by atoms with van der Waals surface area (Å²) in [6.07, 6.45) is 2.72. The number of methoxy groups -OCH3 is 1. The highest BCUT2D eigenvalue weighted by molar-refractivity contribution is 5.80. The molecule has 1 atom stereocenters. The molecule has 0 saturated carbocycles. The summed E-state index contributed by atoms with van der Waals surface area (Å²) in [6, 6.07) is 8.51. The van der Waals surface area contributed by atoms with Crippen LogP contribution in [-0.2, 0) is 4.74 Å². The molecule has 2 aliphatic rings. The number of carbonyl (C=O) groups is 1. The van der Waals surface area contributed by atoms with Gasteiger partial charge < -0.3 is 29.9 Å². The number of amides is 1. The first kappa shape index (κ1) is 22.1. The lowest BCUT2D eigenvalue weighted by atomic mass is 10.1. The Morgan fingerprint density at radius 2 is 1.97 bits per heavy atom. The van der Waals surface area contributed by atoms with Crippen LogP contribution < -0.4 is 20.3 Å². The van der Waals surface area contributed by atoms with Gasteiger partial charge in [0.25, 0.3) is 0 Å². The van der Waals surface area contributed by atoms with Crippen LogP contribution in [0.5, 0.6) is 5.75 Å². The summed E-state index contributed by atoms with van der Waals surface area (Å²) < 4.78 is 10.6. The number of nitrogens with one attached hydrogen (secondary N) is 2. The third-order valence-electron chi connectivity index (χ3n) is 5.86. The van der Waals surface area contributed by atoms with Crippen LogP contribution in [0.2, 0.25) is 0 Å². The first-order chi connectivity index (χ1) is 14.6. The first-order valence-electron chi connectivity index (χ1n) is 10.9. The van der Waals surface area contributed by atoms with E-state index in [4.69, 9.17) is 9.47 Å². The van der Waals surface area contributed by atoms with Gasteiger partial charge in [0.15, 0.2) is 5.96 Å². The van der Waals surface area contributed by atoms with Crippen molar-refractivity contribution in [1.82, 2.24) is 15.5 Å². The van der Waals surface area contributed by atoms with Crippen molar-refractivity contribution in [3.05, 3.63) is 24.3 Å². The predicted molar refractivity (Wildman–Crippen MR) is 119 cm³/mol. The number of para-hydroxylation sites is 2. The summed E-state index contributed by atoms with van der Waals surface area (Å²) in [6.45, 7) is 6.60. The number of hydrogen-bond donors (Lipinski definition) is 2. The van der Waals surface area contributed by atoms with E-state index in [9.17, 15) is 4.79 Å². The number of piperidine rings is 1. The Balaban J connectivity index is 1.42. The number of anilines is 1. The van der Waals surface area contributed by atoms with Crippen LogP contribution >= 0.6 is 0 Å². The fraction of sp³-hybridized carbons (Fsp3) is 0.636. The van der Waals surface area contributed by atoms with Crippen LogP contribution in [0, 0.1) is 5.92 Å². The molecular formula is C22H35N5O3. The number of likely N-dealkylation sites (tertiary alicyclic amines) is 1. The molecule has 1 unspecified atom stereocenters. The van der Waals surface area contributed by atoms with Crippen molar-refractivity contribution in [2.45, 2.75) is 32.2 Å². The fourth-order valence-corrected chi connectivity index (χ4v) is 4.16. The molecule has 2 N–H and O–H groups in total. The molecule has 3 rings (SSSR count). The van der Waals surface area contributed by atoms with Crippen LogP contribution in [0.25, 0.3) is 0 Å². The van der Waals surface area contributed by atoms with Gasteiger partial charge in [0.1, 0.15) is 5.75 Å². The molecule has 0 bridgehead atoms. The maximum absolute atomic E-state index is 11.8. The van der Waals surface area contributed by atoms with Gasteiger partial charge in [-0.3, -0.25) is 4.99 Å². The molecule has 2 heterocycles. The number of ether oxygens (including phenoxy) is 2. The van der Waals surface area contributed by atoms with Crippen molar-refractivity contribution >= 4 is 17.7 Å². The van der Waals surface area contributed by atoms with Gasteiger partial charge in [0, 0.05) is 45.8 Å². The molecule has 166 valence electrons. The summed E-state index contributed by atoms with van der Waals surface area (Å²) in [7, 11) is 3.53. The van der Waals surface area contributed by atoms with Crippen LogP contribution in [0.3, 0.4) is 0 Å². The Hall–Kier alpha value is -2.64. The zero-order valence-electron chi connectivity index (χ0n) is 18.4. The van der Waals surface area contributed by atoms with E-state index in [2.05, 4.69) is 32.7 Å². The van der Waals surface area contributed by atoms with Crippen molar-refractivity contribution < 1.29 is 14.3 Å². The third kappa shape index (κ3) is 5.70. The molecule has 30 heavy (non-hydrogen) atoms. The van der Waals surface area contributed by atoms with Gasteiger partial charge in [-0.1, -0.05) is 12.1 Å². The fourth-order valence-electron chi connectivity index (χ4n) is 4.16. The second-order valence-electron chi connectivity index (χ2n) is 7.83. The van der Waals surface area contributed by atoms with Crippen molar-refractivity contribution in [2.75, 3.05) is 58.4 Å². The van der Waals surface area contributed by atoms with Crippen molar-refractivity contribution in [3.8, 4) is 5.75 Å². The molecule has 2 fully saturated rings. The molecule has 1 aromatic rings. The normalized spacial score (nSPS) is 20.2. The standard InChI is InChI=1S/C22H35N5O3/c1-4-30-22(28)26-13-10-18(11-14-26)25-21(23-2)24-15-17-9-12-27(16-17)19-7-5-6-8-20(19)29-3/h5-8,17-18H,4,9-16H2,1-3H3,(H2,23,24,25). The molecule has 0 spiro atoms. The number of hydrogen-bond acceptors (Lipinski definition) is 5. The summed E-state index contributed by atoms with van der Waals surface area (Å²) in [5, 5.41) is 7.00. The molecule has 2 saturated heterocycles. The van der Waals surface area contributed by atoms with E-state index in [0.717, 1.165) is 50.6 Å². The molecule has 1 aromatic carbocycles. The lowest BCUT2D eigenvalue weighted by Crippen LogP contribution is -2.50. The third-order valence-corrected chi connectivity index (χ3v) is 5.86. The Kier molecular flexibility index (Phi) is 8.04. The van der Waals surface area contributed by atoms with Gasteiger partial charge in [-0.25, -0.2) is 4.79 Å². The Morgan fingerprint density at radius 1 is 1.20 bits per heavy atom. The molecule has 2 aliphatic heterocycles. The molecule has 8 heteroatoms. The van der Waals surface area contributed by atoms with Gasteiger partial charge in [-0.05, 0) is 44.2 Å². The number of carbonyl (C=O) groups excluding carboxylic acids is 1. The summed E-state index contributed by atoms with van der Waals surface area (Å²) in [5.41, 5.74) is 1.17. The lowest BCUT2D eigenvalue weighted by molar-refractivity contribution is 0.0963. The maximum atomic E-state index is 11.8. The van der Waals surface area contributed by atoms with Crippen LogP contribution in [-0.4, -0.2) is 76.5 Å². The van der Waals surface area contributed by atoms with E-state index in [0.29, 0.717) is 31.7 Å². The molecular weight excluding hydrogens is 382 g/mol. The minimum absolute atomic E-state index is 0.209. The number of nitrogens with zero attached hydrogens (tertiary/aromatic N) is 3. The van der Waals surface area contributed by atoms with Crippen LogP contribution in [0.1, 0.15) is 26.2 Å². The SMILES string of the molecule is CCOC(=O)N1CCC(NC(=NC)NCC2CCN(c3ccccc3OC)C2)CC1. The maximum Gasteiger partial charge on any atom is 0.409 e. The Labute approximate surface area is 179 Å². The number of guanidine groups is 1. The van der Waals surface area contributed by atoms with Gasteiger partial charge >= 0.3 is 6.09 Å². The van der Waals surface area contributed by atoms with E-state index < -0.39 is 0 Å². The minimum atomic E-state index is -0.209. The predicted octanol–water partition coefficient (Wildman–Crippen LogP) is 2.31. The van der Waals surface area contributed by atoms with Gasteiger partial charge in [-0.2, -0.15) is 0 Å². The monoisotopic (exact) mass is 417 g/mol.